The van der Waals surface area contributed by atoms with Gasteiger partial charge in [0.2, 0.25) is 5.91 Å². The van der Waals surface area contributed by atoms with E-state index in [1.54, 1.807) is 0 Å². The number of fused-ring (bicyclic) bond motifs is 1. The van der Waals surface area contributed by atoms with Crippen LogP contribution in [0.2, 0.25) is 0 Å². The largest absolute Gasteiger partial charge is 0.370 e. The van der Waals surface area contributed by atoms with E-state index in [4.69, 9.17) is 14.6 Å². The van der Waals surface area contributed by atoms with Gasteiger partial charge >= 0.3 is 0 Å². The molecule has 0 unspecified atom stereocenters. The van der Waals surface area contributed by atoms with Gasteiger partial charge in [0.25, 0.3) is 0 Å². The highest BCUT2D eigenvalue weighted by molar-refractivity contribution is 5.77. The van der Waals surface area contributed by atoms with E-state index in [9.17, 15) is 4.79 Å². The second-order valence-electron chi connectivity index (χ2n) is 7.11. The number of nitrogens with zero attached hydrogens (tertiary/aromatic N) is 2. The summed E-state index contributed by atoms with van der Waals surface area (Å²) in [5, 5.41) is 7.62. The zero-order valence-corrected chi connectivity index (χ0v) is 16.3. The van der Waals surface area contributed by atoms with E-state index in [1.807, 2.05) is 53.2 Å². The quantitative estimate of drug-likeness (QED) is 0.641. The van der Waals surface area contributed by atoms with Crippen LogP contribution in [0.5, 0.6) is 0 Å². The number of ether oxygens (including phenoxy) is 2. The predicted octanol–water partition coefficient (Wildman–Crippen LogP) is 2.88. The van der Waals surface area contributed by atoms with Crippen molar-refractivity contribution in [1.29, 1.82) is 0 Å². The van der Waals surface area contributed by atoms with E-state index in [0.29, 0.717) is 19.8 Å². The minimum Gasteiger partial charge on any atom is -0.370 e. The van der Waals surface area contributed by atoms with Gasteiger partial charge in [-0.15, -0.1) is 0 Å². The molecule has 1 aliphatic rings. The van der Waals surface area contributed by atoms with Gasteiger partial charge in [-0.2, -0.15) is 5.10 Å². The lowest BCUT2D eigenvalue weighted by atomic mass is 10.1. The molecule has 0 spiro atoms. The Hall–Kier alpha value is -2.96. The molecule has 1 atom stereocenters. The molecule has 0 saturated heterocycles. The van der Waals surface area contributed by atoms with Gasteiger partial charge in [0.1, 0.15) is 12.7 Å². The Morgan fingerprint density at radius 2 is 1.83 bits per heavy atom. The Kier molecular flexibility index (Phi) is 6.34. The molecule has 0 radical (unpaired) electrons. The first-order valence-corrected chi connectivity index (χ1v) is 9.88. The minimum atomic E-state index is -0.228. The lowest BCUT2D eigenvalue weighted by Crippen LogP contribution is -2.34. The number of rotatable bonds is 8. The molecular formula is C23H25N3O3. The van der Waals surface area contributed by atoms with Gasteiger partial charge in [-0.25, -0.2) is 0 Å². The number of hydrogen-bond donors (Lipinski definition) is 1. The van der Waals surface area contributed by atoms with Crippen molar-refractivity contribution in [2.75, 3.05) is 19.8 Å². The van der Waals surface area contributed by atoms with Crippen molar-refractivity contribution < 1.29 is 14.3 Å². The summed E-state index contributed by atoms with van der Waals surface area (Å²) in [5.74, 6) is -0.152. The van der Waals surface area contributed by atoms with Crippen LogP contribution in [-0.2, 0) is 33.8 Å². The SMILES string of the molecule is O=C(COCc1ccccc1)NC[C@@H]1OCCc2cn(Cc3ccccc3)nc21. The summed E-state index contributed by atoms with van der Waals surface area (Å²) < 4.78 is 13.3. The monoisotopic (exact) mass is 391 g/mol. The fraction of sp³-hybridized carbons (Fsp3) is 0.304. The molecule has 29 heavy (non-hydrogen) atoms. The van der Waals surface area contributed by atoms with E-state index in [0.717, 1.165) is 24.2 Å². The Bertz CT molecular complexity index is 925. The van der Waals surface area contributed by atoms with Crippen molar-refractivity contribution in [3.05, 3.63) is 89.2 Å². The molecule has 6 nitrogen and oxygen atoms in total. The maximum absolute atomic E-state index is 12.1. The first kappa shape index (κ1) is 19.4. The zero-order chi connectivity index (χ0) is 19.9. The van der Waals surface area contributed by atoms with Crippen LogP contribution < -0.4 is 5.32 Å². The van der Waals surface area contributed by atoms with Crippen molar-refractivity contribution in [3.8, 4) is 0 Å². The summed E-state index contributed by atoms with van der Waals surface area (Å²) in [4.78, 5) is 12.1. The number of nitrogens with one attached hydrogen (secondary N) is 1. The molecule has 4 rings (SSSR count). The van der Waals surface area contributed by atoms with Gasteiger partial charge in [-0.3, -0.25) is 9.48 Å². The molecule has 0 bridgehead atoms. The second kappa shape index (κ2) is 9.49. The third-order valence-corrected chi connectivity index (χ3v) is 4.88. The number of amides is 1. The normalized spacial score (nSPS) is 15.7. The van der Waals surface area contributed by atoms with E-state index in [1.165, 1.54) is 11.1 Å². The van der Waals surface area contributed by atoms with Crippen LogP contribution in [-0.4, -0.2) is 35.4 Å². The van der Waals surface area contributed by atoms with Crippen LogP contribution in [0.4, 0.5) is 0 Å². The van der Waals surface area contributed by atoms with Crippen LogP contribution in [0.1, 0.15) is 28.5 Å². The molecule has 2 aromatic carbocycles. The van der Waals surface area contributed by atoms with E-state index in [2.05, 4.69) is 23.6 Å². The average Bonchev–Trinajstić information content (AvgIpc) is 3.17. The van der Waals surface area contributed by atoms with Crippen molar-refractivity contribution in [3.63, 3.8) is 0 Å². The highest BCUT2D eigenvalue weighted by Crippen LogP contribution is 2.25. The molecule has 0 fully saturated rings. The van der Waals surface area contributed by atoms with Crippen LogP contribution in [0, 0.1) is 0 Å². The van der Waals surface area contributed by atoms with Crippen LogP contribution in [0.3, 0.4) is 0 Å². The number of benzene rings is 2. The van der Waals surface area contributed by atoms with E-state index >= 15 is 0 Å². The van der Waals surface area contributed by atoms with Crippen molar-refractivity contribution >= 4 is 5.91 Å². The van der Waals surface area contributed by atoms with Gasteiger partial charge < -0.3 is 14.8 Å². The van der Waals surface area contributed by atoms with Crippen molar-refractivity contribution in [2.45, 2.75) is 25.7 Å². The lowest BCUT2D eigenvalue weighted by molar-refractivity contribution is -0.126. The fourth-order valence-electron chi connectivity index (χ4n) is 3.43. The molecule has 0 saturated carbocycles. The fourth-order valence-corrected chi connectivity index (χ4v) is 3.43. The maximum Gasteiger partial charge on any atom is 0.246 e. The van der Waals surface area contributed by atoms with E-state index < -0.39 is 0 Å². The van der Waals surface area contributed by atoms with Gasteiger partial charge in [0.15, 0.2) is 0 Å². The summed E-state index contributed by atoms with van der Waals surface area (Å²) in [6.45, 7) is 2.19. The molecule has 3 aromatic rings. The molecular weight excluding hydrogens is 366 g/mol. The van der Waals surface area contributed by atoms with E-state index in [-0.39, 0.29) is 18.6 Å². The van der Waals surface area contributed by atoms with Crippen molar-refractivity contribution in [2.24, 2.45) is 0 Å². The predicted molar refractivity (Wildman–Crippen MR) is 109 cm³/mol. The van der Waals surface area contributed by atoms with Gasteiger partial charge in [0.05, 0.1) is 25.5 Å². The second-order valence-corrected chi connectivity index (χ2v) is 7.11. The van der Waals surface area contributed by atoms with Crippen molar-refractivity contribution in [1.82, 2.24) is 15.1 Å². The Morgan fingerprint density at radius 3 is 2.59 bits per heavy atom. The molecule has 1 amide bonds. The highest BCUT2D eigenvalue weighted by Gasteiger charge is 2.25. The molecule has 0 aliphatic carbocycles. The van der Waals surface area contributed by atoms with Gasteiger partial charge in [-0.1, -0.05) is 60.7 Å². The number of carbonyl (C=O) groups excluding carboxylic acids is 1. The Balaban J connectivity index is 1.28. The average molecular weight is 391 g/mol. The molecule has 1 N–H and O–H groups in total. The summed E-state index contributed by atoms with van der Waals surface area (Å²) >= 11 is 0. The first-order valence-electron chi connectivity index (χ1n) is 9.88. The molecule has 6 heteroatoms. The minimum absolute atomic E-state index is 0.0247. The molecule has 2 heterocycles. The third kappa shape index (κ3) is 5.31. The first-order chi connectivity index (χ1) is 14.3. The van der Waals surface area contributed by atoms with Gasteiger partial charge in [-0.05, 0) is 23.1 Å². The standard InChI is InChI=1S/C23H25N3O3/c27-22(17-28-16-19-9-5-2-6-10-19)24-13-21-23-20(11-12-29-21)15-26(25-23)14-18-7-3-1-4-8-18/h1-10,15,21H,11-14,16-17H2,(H,24,27)/t21-/m0/s1. The summed E-state index contributed by atoms with van der Waals surface area (Å²) in [6.07, 6.45) is 2.70. The zero-order valence-electron chi connectivity index (χ0n) is 16.3. The van der Waals surface area contributed by atoms with Crippen LogP contribution in [0.25, 0.3) is 0 Å². The number of hydrogen-bond acceptors (Lipinski definition) is 4. The molecule has 1 aromatic heterocycles. The maximum atomic E-state index is 12.1. The highest BCUT2D eigenvalue weighted by atomic mass is 16.5. The smallest absolute Gasteiger partial charge is 0.246 e. The number of aromatic nitrogens is 2. The molecule has 1 aliphatic heterocycles. The van der Waals surface area contributed by atoms with Crippen LogP contribution >= 0.6 is 0 Å². The van der Waals surface area contributed by atoms with Crippen LogP contribution in [0.15, 0.2) is 66.9 Å². The Morgan fingerprint density at radius 1 is 1.10 bits per heavy atom. The number of carbonyl (C=O) groups is 1. The Labute approximate surface area is 170 Å². The lowest BCUT2D eigenvalue weighted by Gasteiger charge is -2.22. The molecule has 150 valence electrons. The summed E-state index contributed by atoms with van der Waals surface area (Å²) in [7, 11) is 0. The topological polar surface area (TPSA) is 65.4 Å². The summed E-state index contributed by atoms with van der Waals surface area (Å²) in [5.41, 5.74) is 4.35. The third-order valence-electron chi connectivity index (χ3n) is 4.88. The summed E-state index contributed by atoms with van der Waals surface area (Å²) in [6, 6.07) is 20.0. The van der Waals surface area contributed by atoms with Gasteiger partial charge in [0, 0.05) is 12.7 Å².